The number of hydrogen-bond acceptors (Lipinski definition) is 3. The maximum atomic E-state index is 11.3. The number of anilines is 2. The van der Waals surface area contributed by atoms with E-state index in [0.717, 1.165) is 31.8 Å². The molecule has 0 aromatic heterocycles. The number of nitrogens with zero attached hydrogens (tertiary/aromatic N) is 2. The van der Waals surface area contributed by atoms with Crippen LogP contribution >= 0.6 is 10.0 Å². The summed E-state index contributed by atoms with van der Waals surface area (Å²) in [5.41, 5.74) is 6.10. The van der Waals surface area contributed by atoms with Gasteiger partial charge >= 0.3 is 5.97 Å². The molecule has 0 unspecified atom stereocenters. The monoisotopic (exact) mass is 408 g/mol. The molecule has 2 fully saturated rings. The summed E-state index contributed by atoms with van der Waals surface area (Å²) in [6.07, 6.45) is 9.25. The number of benzene rings is 2. The minimum atomic E-state index is -1.19. The number of aliphatic carboxylic acids is 1. The third-order valence-electron chi connectivity index (χ3n) is 6.53. The maximum Gasteiger partial charge on any atom is 0.307 e. The molecule has 152 valence electrons. The van der Waals surface area contributed by atoms with Crippen LogP contribution in [0.1, 0.15) is 30.4 Å². The molecule has 3 aliphatic heterocycles. The summed E-state index contributed by atoms with van der Waals surface area (Å²) in [7, 11) is -1.19. The van der Waals surface area contributed by atoms with Gasteiger partial charge in [-0.05, 0) is 66.3 Å². The topological polar surface area (TPSA) is 43.8 Å². The van der Waals surface area contributed by atoms with Crippen molar-refractivity contribution in [2.45, 2.75) is 29.1 Å². The van der Waals surface area contributed by atoms with Crippen LogP contribution in [0.4, 0.5) is 11.4 Å². The van der Waals surface area contributed by atoms with Crippen molar-refractivity contribution in [2.24, 2.45) is 0 Å². The van der Waals surface area contributed by atoms with Crippen LogP contribution in [-0.4, -0.2) is 49.8 Å². The summed E-state index contributed by atoms with van der Waals surface area (Å²) in [4.78, 5) is 18.9. The molecule has 3 aliphatic rings. The van der Waals surface area contributed by atoms with Gasteiger partial charge in [-0.25, -0.2) is 0 Å². The lowest BCUT2D eigenvalue weighted by atomic mass is 9.95. The number of fused-ring (bicyclic) bond motifs is 2. The molecule has 1 N–H and O–H groups in total. The van der Waals surface area contributed by atoms with Crippen LogP contribution < -0.4 is 9.80 Å². The van der Waals surface area contributed by atoms with Gasteiger partial charge in [-0.3, -0.25) is 4.79 Å². The van der Waals surface area contributed by atoms with E-state index >= 15 is 0 Å². The standard InChI is InChI=1S/C24H28N2O2S/c1-29(2)22-15-17(25-11-3-12-25)5-7-20(22)19(9-10-24(27)28)21-8-6-18(16-23(21)29)26-13-4-14-26/h5-9,15-16H,3-4,10-14H2,1-2H3,(H,27,28). The Morgan fingerprint density at radius 1 is 0.931 bits per heavy atom. The molecule has 5 heteroatoms. The van der Waals surface area contributed by atoms with E-state index in [1.165, 1.54) is 45.1 Å². The second kappa shape index (κ2) is 6.84. The Balaban J connectivity index is 1.68. The zero-order chi connectivity index (χ0) is 20.2. The lowest BCUT2D eigenvalue weighted by molar-refractivity contribution is -0.135. The summed E-state index contributed by atoms with van der Waals surface area (Å²) in [5.74, 6) is -0.785. The van der Waals surface area contributed by atoms with Crippen molar-refractivity contribution in [1.29, 1.82) is 0 Å². The number of carbonyl (C=O) groups is 1. The largest absolute Gasteiger partial charge is 0.481 e. The van der Waals surface area contributed by atoms with Gasteiger partial charge in [0, 0.05) is 47.3 Å². The first-order valence-corrected chi connectivity index (χ1v) is 12.8. The first kappa shape index (κ1) is 18.6. The molecule has 3 heterocycles. The maximum absolute atomic E-state index is 11.3. The zero-order valence-electron chi connectivity index (χ0n) is 17.1. The number of carboxylic acids is 1. The molecule has 2 saturated heterocycles. The summed E-state index contributed by atoms with van der Waals surface area (Å²) in [6.45, 7) is 4.52. The van der Waals surface area contributed by atoms with E-state index in [-0.39, 0.29) is 6.42 Å². The Morgan fingerprint density at radius 2 is 1.41 bits per heavy atom. The second-order valence-corrected chi connectivity index (χ2v) is 12.1. The average molecular weight is 409 g/mol. The molecule has 29 heavy (non-hydrogen) atoms. The molecular formula is C24H28N2O2S. The lowest BCUT2D eigenvalue weighted by Gasteiger charge is -2.43. The van der Waals surface area contributed by atoms with Crippen LogP contribution in [-0.2, 0) is 4.79 Å². The van der Waals surface area contributed by atoms with Crippen LogP contribution in [0.25, 0.3) is 5.57 Å². The third-order valence-corrected chi connectivity index (χ3v) is 9.41. The second-order valence-electron chi connectivity index (χ2n) is 8.58. The Kier molecular flexibility index (Phi) is 4.39. The van der Waals surface area contributed by atoms with Gasteiger partial charge in [0.15, 0.2) is 0 Å². The molecule has 0 spiro atoms. The van der Waals surface area contributed by atoms with Crippen molar-refractivity contribution < 1.29 is 9.90 Å². The molecule has 4 nitrogen and oxygen atoms in total. The number of carboxylic acid groups (broad SMARTS) is 1. The van der Waals surface area contributed by atoms with Gasteiger partial charge in [0.05, 0.1) is 6.42 Å². The van der Waals surface area contributed by atoms with Crippen LogP contribution in [0.2, 0.25) is 0 Å². The van der Waals surface area contributed by atoms with E-state index < -0.39 is 16.0 Å². The van der Waals surface area contributed by atoms with Gasteiger partial charge in [-0.15, -0.1) is 0 Å². The van der Waals surface area contributed by atoms with Crippen molar-refractivity contribution >= 4 is 32.9 Å². The van der Waals surface area contributed by atoms with E-state index in [2.05, 4.69) is 58.7 Å². The summed E-state index contributed by atoms with van der Waals surface area (Å²) >= 11 is 0. The fraction of sp³-hybridized carbons (Fsp3) is 0.375. The highest BCUT2D eigenvalue weighted by Gasteiger charge is 2.33. The van der Waals surface area contributed by atoms with Gasteiger partial charge in [0.2, 0.25) is 0 Å². The fourth-order valence-corrected chi connectivity index (χ4v) is 7.05. The van der Waals surface area contributed by atoms with Crippen LogP contribution in [0.3, 0.4) is 0 Å². The molecule has 0 saturated carbocycles. The lowest BCUT2D eigenvalue weighted by Crippen LogP contribution is -2.37. The van der Waals surface area contributed by atoms with E-state index in [1.807, 2.05) is 6.08 Å². The van der Waals surface area contributed by atoms with Gasteiger partial charge in [-0.2, -0.15) is 10.0 Å². The van der Waals surface area contributed by atoms with E-state index in [4.69, 9.17) is 0 Å². The molecule has 0 bridgehead atoms. The Hall–Kier alpha value is -2.40. The highest BCUT2D eigenvalue weighted by molar-refractivity contribution is 8.32. The van der Waals surface area contributed by atoms with Crippen LogP contribution in [0, 0.1) is 0 Å². The van der Waals surface area contributed by atoms with Crippen molar-refractivity contribution in [3.05, 3.63) is 53.6 Å². The highest BCUT2D eigenvalue weighted by atomic mass is 32.3. The molecule has 5 rings (SSSR count). The van der Waals surface area contributed by atoms with E-state index in [9.17, 15) is 9.90 Å². The van der Waals surface area contributed by atoms with E-state index in [0.29, 0.717) is 0 Å². The number of rotatable bonds is 4. The predicted octanol–water partition coefficient (Wildman–Crippen LogP) is 4.81. The molecular weight excluding hydrogens is 380 g/mol. The van der Waals surface area contributed by atoms with E-state index in [1.54, 1.807) is 0 Å². The molecule has 2 aromatic carbocycles. The molecule has 0 atom stereocenters. The Bertz CT molecular complexity index is 950. The minimum absolute atomic E-state index is 0.0473. The van der Waals surface area contributed by atoms with Crippen molar-refractivity contribution in [3.8, 4) is 0 Å². The smallest absolute Gasteiger partial charge is 0.307 e. The van der Waals surface area contributed by atoms with Crippen molar-refractivity contribution in [2.75, 3.05) is 48.5 Å². The molecule has 0 aliphatic carbocycles. The molecule has 0 radical (unpaired) electrons. The first-order valence-electron chi connectivity index (χ1n) is 10.4. The third kappa shape index (κ3) is 3.03. The predicted molar refractivity (Wildman–Crippen MR) is 122 cm³/mol. The number of hydrogen-bond donors (Lipinski definition) is 1. The molecule has 2 aromatic rings. The highest BCUT2D eigenvalue weighted by Crippen LogP contribution is 2.65. The van der Waals surface area contributed by atoms with Crippen molar-refractivity contribution in [1.82, 2.24) is 0 Å². The zero-order valence-corrected chi connectivity index (χ0v) is 18.0. The normalized spacial score (nSPS) is 20.1. The molecule has 0 amide bonds. The minimum Gasteiger partial charge on any atom is -0.481 e. The van der Waals surface area contributed by atoms with Gasteiger partial charge in [0.25, 0.3) is 0 Å². The summed E-state index contributed by atoms with van der Waals surface area (Å²) in [6, 6.07) is 13.6. The van der Waals surface area contributed by atoms with Gasteiger partial charge in [-0.1, -0.05) is 18.2 Å². The summed E-state index contributed by atoms with van der Waals surface area (Å²) in [5, 5.41) is 9.30. The van der Waals surface area contributed by atoms with Crippen LogP contribution in [0.15, 0.2) is 52.3 Å². The fourth-order valence-electron chi connectivity index (χ4n) is 4.53. The Morgan fingerprint density at radius 3 is 1.79 bits per heavy atom. The van der Waals surface area contributed by atoms with Gasteiger partial charge < -0.3 is 14.9 Å². The Labute approximate surface area is 174 Å². The first-order chi connectivity index (χ1) is 13.9. The van der Waals surface area contributed by atoms with Crippen molar-refractivity contribution in [3.63, 3.8) is 0 Å². The quantitative estimate of drug-likeness (QED) is 0.789. The SMILES string of the molecule is CS1(C)c2cc(N3CCC3)ccc2C(=CCC(=O)O)c2ccc(N3CCC3)cc21. The average Bonchev–Trinajstić information content (AvgIpc) is 2.59. The van der Waals surface area contributed by atoms with Gasteiger partial charge in [0.1, 0.15) is 0 Å². The van der Waals surface area contributed by atoms with Crippen LogP contribution in [0.5, 0.6) is 0 Å². The summed E-state index contributed by atoms with van der Waals surface area (Å²) < 4.78 is 0.